The summed E-state index contributed by atoms with van der Waals surface area (Å²) in [5.74, 6) is 1.63. The van der Waals surface area contributed by atoms with E-state index in [9.17, 15) is 10.1 Å². The van der Waals surface area contributed by atoms with E-state index < -0.39 is 11.9 Å². The molecule has 2 aromatic rings. The maximum atomic E-state index is 12.1. The van der Waals surface area contributed by atoms with E-state index in [-0.39, 0.29) is 24.5 Å². The van der Waals surface area contributed by atoms with Crippen molar-refractivity contribution in [1.82, 2.24) is 0 Å². The van der Waals surface area contributed by atoms with E-state index in [0.717, 1.165) is 11.1 Å². The van der Waals surface area contributed by atoms with Crippen molar-refractivity contribution in [2.75, 3.05) is 12.3 Å². The molecular formula is C21H17N3O3. The van der Waals surface area contributed by atoms with Crippen molar-refractivity contribution < 1.29 is 14.3 Å². The van der Waals surface area contributed by atoms with Crippen molar-refractivity contribution in [2.24, 2.45) is 5.73 Å². The molecule has 134 valence electrons. The van der Waals surface area contributed by atoms with Gasteiger partial charge in [-0.2, -0.15) is 5.26 Å². The Kier molecular flexibility index (Phi) is 5.01. The quantitative estimate of drug-likeness (QED) is 0.493. The van der Waals surface area contributed by atoms with Crippen molar-refractivity contribution in [3.05, 3.63) is 59.5 Å². The first-order chi connectivity index (χ1) is 13.0. The fourth-order valence-corrected chi connectivity index (χ4v) is 3.00. The van der Waals surface area contributed by atoms with Gasteiger partial charge in [-0.3, -0.25) is 4.79 Å². The molecule has 0 bridgehead atoms. The molecule has 1 heterocycles. The maximum absolute atomic E-state index is 12.1. The van der Waals surface area contributed by atoms with Crippen LogP contribution in [0.3, 0.4) is 0 Å². The Morgan fingerprint density at radius 1 is 1.22 bits per heavy atom. The molecule has 2 aromatic carbocycles. The van der Waals surface area contributed by atoms with Crippen LogP contribution in [-0.4, -0.2) is 12.6 Å². The van der Waals surface area contributed by atoms with E-state index in [0.29, 0.717) is 17.0 Å². The Hall–Kier alpha value is -3.90. The Morgan fingerprint density at radius 3 is 2.70 bits per heavy atom. The highest BCUT2D eigenvalue weighted by atomic mass is 16.5. The number of terminal acetylenes is 1. The number of rotatable bonds is 4. The van der Waals surface area contributed by atoms with Gasteiger partial charge in [0, 0.05) is 17.2 Å². The fourth-order valence-electron chi connectivity index (χ4n) is 3.00. The lowest BCUT2D eigenvalue weighted by Gasteiger charge is -2.26. The summed E-state index contributed by atoms with van der Waals surface area (Å²) >= 11 is 0. The van der Waals surface area contributed by atoms with Crippen LogP contribution in [0.5, 0.6) is 5.75 Å². The SMILES string of the molecule is C#CCOC(=O)CC1C(C#N)=C(N)Oc2ccc(-c3cccc(N)c3)cc21. The number of nitriles is 1. The van der Waals surface area contributed by atoms with Crippen molar-refractivity contribution in [1.29, 1.82) is 5.26 Å². The first kappa shape index (κ1) is 17.9. The van der Waals surface area contributed by atoms with Crippen LogP contribution in [0.15, 0.2) is 53.9 Å². The molecule has 4 N–H and O–H groups in total. The van der Waals surface area contributed by atoms with Crippen LogP contribution in [0, 0.1) is 23.7 Å². The second-order valence-corrected chi connectivity index (χ2v) is 5.99. The van der Waals surface area contributed by atoms with Gasteiger partial charge in [-0.05, 0) is 35.4 Å². The van der Waals surface area contributed by atoms with Crippen LogP contribution in [0.2, 0.25) is 0 Å². The van der Waals surface area contributed by atoms with E-state index in [1.165, 1.54) is 0 Å². The first-order valence-electron chi connectivity index (χ1n) is 8.20. The summed E-state index contributed by atoms with van der Waals surface area (Å²) in [6.07, 6.45) is 5.05. The fraction of sp³-hybridized carbons (Fsp3) is 0.143. The minimum atomic E-state index is -0.579. The zero-order valence-corrected chi connectivity index (χ0v) is 14.4. The molecule has 27 heavy (non-hydrogen) atoms. The third kappa shape index (κ3) is 3.70. The monoisotopic (exact) mass is 359 g/mol. The third-order valence-electron chi connectivity index (χ3n) is 4.25. The lowest BCUT2D eigenvalue weighted by atomic mass is 9.85. The normalized spacial score (nSPS) is 15.1. The molecular weight excluding hydrogens is 342 g/mol. The van der Waals surface area contributed by atoms with Gasteiger partial charge >= 0.3 is 5.97 Å². The summed E-state index contributed by atoms with van der Waals surface area (Å²) in [5.41, 5.74) is 15.0. The van der Waals surface area contributed by atoms with E-state index in [1.807, 2.05) is 36.4 Å². The molecule has 0 amide bonds. The number of hydrogen-bond acceptors (Lipinski definition) is 6. The number of anilines is 1. The number of fused-ring (bicyclic) bond motifs is 1. The van der Waals surface area contributed by atoms with Gasteiger partial charge in [0.1, 0.15) is 11.8 Å². The zero-order chi connectivity index (χ0) is 19.4. The van der Waals surface area contributed by atoms with Crippen LogP contribution in [0.4, 0.5) is 5.69 Å². The number of ether oxygens (including phenoxy) is 2. The van der Waals surface area contributed by atoms with Gasteiger partial charge in [-0.15, -0.1) is 6.42 Å². The second kappa shape index (κ2) is 7.55. The Labute approximate surface area is 157 Å². The first-order valence-corrected chi connectivity index (χ1v) is 8.20. The number of nitrogens with two attached hydrogens (primary N) is 2. The Morgan fingerprint density at radius 2 is 2.00 bits per heavy atom. The molecule has 0 fully saturated rings. The van der Waals surface area contributed by atoms with Crippen molar-refractivity contribution >= 4 is 11.7 Å². The molecule has 0 saturated carbocycles. The number of esters is 1. The van der Waals surface area contributed by atoms with Crippen molar-refractivity contribution in [3.63, 3.8) is 0 Å². The predicted octanol–water partition coefficient (Wildman–Crippen LogP) is 2.67. The zero-order valence-electron chi connectivity index (χ0n) is 14.4. The van der Waals surface area contributed by atoms with Gasteiger partial charge in [-0.1, -0.05) is 24.1 Å². The minimum Gasteiger partial charge on any atom is -0.452 e. The molecule has 6 nitrogen and oxygen atoms in total. The predicted molar refractivity (Wildman–Crippen MR) is 101 cm³/mol. The smallest absolute Gasteiger partial charge is 0.307 e. The second-order valence-electron chi connectivity index (χ2n) is 5.99. The van der Waals surface area contributed by atoms with E-state index in [4.69, 9.17) is 27.4 Å². The van der Waals surface area contributed by atoms with E-state index in [1.54, 1.807) is 12.1 Å². The van der Waals surface area contributed by atoms with Crippen LogP contribution >= 0.6 is 0 Å². The molecule has 1 atom stereocenters. The standard InChI is InChI=1S/C21H17N3O3/c1-2-8-26-20(25)11-16-17-10-14(13-4-3-5-15(23)9-13)6-7-19(17)27-21(24)18(16)12-22/h1,3-7,9-10,16H,8,11,23-24H2. The summed E-state index contributed by atoms with van der Waals surface area (Å²) in [6.45, 7) is -0.126. The molecule has 1 aliphatic rings. The number of nitrogens with zero attached hydrogens (tertiary/aromatic N) is 1. The molecule has 0 aliphatic carbocycles. The molecule has 3 rings (SSSR count). The third-order valence-corrected chi connectivity index (χ3v) is 4.25. The number of hydrogen-bond donors (Lipinski definition) is 2. The average Bonchev–Trinajstić information content (AvgIpc) is 2.66. The summed E-state index contributed by atoms with van der Waals surface area (Å²) < 4.78 is 10.5. The van der Waals surface area contributed by atoms with Crippen LogP contribution in [0.1, 0.15) is 17.9 Å². The van der Waals surface area contributed by atoms with Crippen molar-refractivity contribution in [3.8, 4) is 35.3 Å². The molecule has 6 heteroatoms. The Balaban J connectivity index is 2.03. The number of carbonyl (C=O) groups is 1. The minimum absolute atomic E-state index is 0.0172. The number of carbonyl (C=O) groups excluding carboxylic acids is 1. The van der Waals surface area contributed by atoms with Crippen LogP contribution in [0.25, 0.3) is 11.1 Å². The van der Waals surface area contributed by atoms with Gasteiger partial charge in [0.05, 0.1) is 12.0 Å². The molecule has 0 aromatic heterocycles. The van der Waals surface area contributed by atoms with Gasteiger partial charge in [-0.25, -0.2) is 0 Å². The van der Waals surface area contributed by atoms with Gasteiger partial charge < -0.3 is 20.9 Å². The molecule has 0 saturated heterocycles. The van der Waals surface area contributed by atoms with Crippen LogP contribution < -0.4 is 16.2 Å². The maximum Gasteiger partial charge on any atom is 0.307 e. The lowest BCUT2D eigenvalue weighted by Crippen LogP contribution is -2.22. The largest absolute Gasteiger partial charge is 0.452 e. The van der Waals surface area contributed by atoms with E-state index >= 15 is 0 Å². The summed E-state index contributed by atoms with van der Waals surface area (Å²) in [4.78, 5) is 12.1. The molecule has 0 radical (unpaired) electrons. The molecule has 1 unspecified atom stereocenters. The Bertz CT molecular complexity index is 1010. The van der Waals surface area contributed by atoms with Gasteiger partial charge in [0.15, 0.2) is 6.61 Å². The molecule has 1 aliphatic heterocycles. The summed E-state index contributed by atoms with van der Waals surface area (Å²) in [5, 5.41) is 9.50. The lowest BCUT2D eigenvalue weighted by molar-refractivity contribution is -0.142. The summed E-state index contributed by atoms with van der Waals surface area (Å²) in [7, 11) is 0. The number of nitrogen functional groups attached to an aromatic ring is 1. The van der Waals surface area contributed by atoms with Gasteiger partial charge in [0.2, 0.25) is 5.88 Å². The van der Waals surface area contributed by atoms with Crippen molar-refractivity contribution in [2.45, 2.75) is 12.3 Å². The number of allylic oxidation sites excluding steroid dienone is 1. The van der Waals surface area contributed by atoms with E-state index in [2.05, 4.69) is 5.92 Å². The highest BCUT2D eigenvalue weighted by molar-refractivity contribution is 5.74. The average molecular weight is 359 g/mol. The molecule has 0 spiro atoms. The van der Waals surface area contributed by atoms with Crippen LogP contribution in [-0.2, 0) is 9.53 Å². The van der Waals surface area contributed by atoms with Gasteiger partial charge in [0.25, 0.3) is 0 Å². The highest BCUT2D eigenvalue weighted by Gasteiger charge is 2.31. The topological polar surface area (TPSA) is 111 Å². The number of benzene rings is 2. The highest BCUT2D eigenvalue weighted by Crippen LogP contribution is 2.42. The summed E-state index contributed by atoms with van der Waals surface area (Å²) in [6, 6.07) is 15.0.